The standard InChI is InChI=1S/2C4H6O6.C2H6O2.K.Sb/c2*5-1(3(7)8)2(6)4(9)10;3-1-2-4;;/h2*1-2,5-6H,(H,7,8)(H,9,10);3-4H,1-2H2;;/q;;;+1;+3/p-4. The molecule has 0 heterocycles. The van der Waals surface area contributed by atoms with Crippen molar-refractivity contribution in [1.82, 2.24) is 0 Å². The summed E-state index contributed by atoms with van der Waals surface area (Å²) in [6.07, 6.45) is -9.76. The summed E-state index contributed by atoms with van der Waals surface area (Å²) in [5, 5.41) is 86.7. The molecule has 0 bridgehead atoms. The Morgan fingerprint density at radius 3 is 0.731 bits per heavy atom. The van der Waals surface area contributed by atoms with E-state index in [0.29, 0.717) is 0 Å². The predicted octanol–water partition coefficient (Wildman–Crippen LogP) is -14.0. The summed E-state index contributed by atoms with van der Waals surface area (Å²) >= 11 is 0. The van der Waals surface area contributed by atoms with Crippen molar-refractivity contribution in [2.75, 3.05) is 13.2 Å². The van der Waals surface area contributed by atoms with E-state index >= 15 is 0 Å². The van der Waals surface area contributed by atoms with E-state index in [1.165, 1.54) is 0 Å². The van der Waals surface area contributed by atoms with Gasteiger partial charge in [-0.1, -0.05) is 0 Å². The van der Waals surface area contributed by atoms with Gasteiger partial charge in [-0.05, 0) is 0 Å². The minimum absolute atomic E-state index is 0. The van der Waals surface area contributed by atoms with Crippen molar-refractivity contribution in [3.8, 4) is 0 Å². The molecule has 2 radical (unpaired) electrons. The number of carboxylic acids is 4. The third-order valence-electron chi connectivity index (χ3n) is 1.66. The van der Waals surface area contributed by atoms with Gasteiger partial charge in [-0.15, -0.1) is 0 Å². The van der Waals surface area contributed by atoms with Crippen molar-refractivity contribution < 1.29 is 122 Å². The van der Waals surface area contributed by atoms with Crippen LogP contribution in [0.5, 0.6) is 0 Å². The van der Waals surface area contributed by atoms with E-state index in [4.69, 9.17) is 30.6 Å². The molecular formula is C10H14KO14Sb. The second-order valence-electron chi connectivity index (χ2n) is 3.50. The summed E-state index contributed by atoms with van der Waals surface area (Å²) in [5.74, 6) is -8.23. The molecule has 14 nitrogen and oxygen atoms in total. The Labute approximate surface area is 205 Å². The van der Waals surface area contributed by atoms with Crippen molar-refractivity contribution >= 4 is 48.3 Å². The number of rotatable bonds is 7. The first-order chi connectivity index (χ1) is 10.8. The molecule has 0 aliphatic rings. The van der Waals surface area contributed by atoms with Crippen LogP contribution in [0.25, 0.3) is 0 Å². The normalized spacial score (nSPS) is 13.3. The van der Waals surface area contributed by atoms with Crippen molar-refractivity contribution in [2.24, 2.45) is 0 Å². The zero-order valence-electron chi connectivity index (χ0n) is 13.1. The van der Waals surface area contributed by atoms with Gasteiger partial charge in [0.05, 0.1) is 37.1 Å². The summed E-state index contributed by atoms with van der Waals surface area (Å²) in [5.41, 5.74) is 0. The Morgan fingerprint density at radius 2 is 0.692 bits per heavy atom. The maximum absolute atomic E-state index is 9.63. The SMILES string of the molecule is O=C([O-])C(O)C(O)C(=O)[O-].O=C([O-])C(O)C(O)C(=O)[O-].OCCO.[K+].[Sb+3]. The molecule has 0 aromatic carbocycles. The molecule has 6 N–H and O–H groups in total. The molecule has 0 aliphatic carbocycles. The molecule has 144 valence electrons. The molecule has 0 fully saturated rings. The largest absolute Gasteiger partial charge is 3.00 e. The fourth-order valence-corrected chi connectivity index (χ4v) is 0.516. The van der Waals surface area contributed by atoms with Crippen molar-refractivity contribution in [3.63, 3.8) is 0 Å². The van der Waals surface area contributed by atoms with Gasteiger partial charge in [0.1, 0.15) is 24.4 Å². The number of hydrogen-bond acceptors (Lipinski definition) is 14. The summed E-state index contributed by atoms with van der Waals surface area (Å²) in [6.45, 7) is -0.250. The van der Waals surface area contributed by atoms with Crippen LogP contribution in [0, 0.1) is 0 Å². The van der Waals surface area contributed by atoms with E-state index in [1.54, 1.807) is 0 Å². The van der Waals surface area contributed by atoms with Gasteiger partial charge < -0.3 is 70.2 Å². The fourth-order valence-electron chi connectivity index (χ4n) is 0.516. The minimum Gasteiger partial charge on any atom is -0.547 e. The van der Waals surface area contributed by atoms with Gasteiger partial charge in [0.15, 0.2) is 0 Å². The van der Waals surface area contributed by atoms with Crippen LogP contribution < -0.4 is 71.8 Å². The van der Waals surface area contributed by atoms with Gasteiger partial charge in [-0.2, -0.15) is 0 Å². The monoisotopic (exact) mass is 518 g/mol. The second-order valence-corrected chi connectivity index (χ2v) is 3.50. The van der Waals surface area contributed by atoms with Crippen LogP contribution in [0.1, 0.15) is 0 Å². The third kappa shape index (κ3) is 20.4. The average molecular weight is 519 g/mol. The molecule has 4 atom stereocenters. The Kier molecular flexibility index (Phi) is 30.4. The number of carboxylic acid groups (broad SMARTS) is 4. The van der Waals surface area contributed by atoms with Crippen molar-refractivity contribution in [1.29, 1.82) is 0 Å². The van der Waals surface area contributed by atoms with E-state index < -0.39 is 48.3 Å². The Balaban J connectivity index is -0.0000000883. The third-order valence-corrected chi connectivity index (χ3v) is 1.66. The molecule has 0 aromatic heterocycles. The molecule has 0 saturated carbocycles. The van der Waals surface area contributed by atoms with Crippen LogP contribution in [0.4, 0.5) is 0 Å². The summed E-state index contributed by atoms with van der Waals surface area (Å²) in [7, 11) is 0. The second kappa shape index (κ2) is 21.4. The zero-order valence-corrected chi connectivity index (χ0v) is 18.8. The Bertz CT molecular complexity index is 345. The Morgan fingerprint density at radius 1 is 0.577 bits per heavy atom. The summed E-state index contributed by atoms with van der Waals surface area (Å²) in [4.78, 5) is 38.5. The van der Waals surface area contributed by atoms with Gasteiger partial charge in [0.25, 0.3) is 0 Å². The predicted molar refractivity (Wildman–Crippen MR) is 64.0 cm³/mol. The molecule has 0 spiro atoms. The molecule has 4 unspecified atom stereocenters. The average Bonchev–Trinajstić information content (AvgIpc) is 2.52. The van der Waals surface area contributed by atoms with Gasteiger partial charge in [-0.25, -0.2) is 0 Å². The quantitative estimate of drug-likeness (QED) is 0.170. The van der Waals surface area contributed by atoms with Gasteiger partial charge in [0.2, 0.25) is 0 Å². The van der Waals surface area contributed by atoms with Crippen LogP contribution in [-0.2, 0) is 19.2 Å². The molecule has 0 aromatic rings. The van der Waals surface area contributed by atoms with Crippen LogP contribution in [0.3, 0.4) is 0 Å². The van der Waals surface area contributed by atoms with Gasteiger partial charge in [-0.3, -0.25) is 0 Å². The van der Waals surface area contributed by atoms with Crippen LogP contribution in [0.15, 0.2) is 0 Å². The van der Waals surface area contributed by atoms with E-state index in [-0.39, 0.29) is 89.0 Å². The van der Waals surface area contributed by atoms with Gasteiger partial charge >= 0.3 is 75.8 Å². The molecule has 26 heavy (non-hydrogen) atoms. The summed E-state index contributed by atoms with van der Waals surface area (Å²) < 4.78 is 0. The number of carbonyl (C=O) groups excluding carboxylic acids is 4. The number of carbonyl (C=O) groups is 4. The molecule has 0 aliphatic heterocycles. The number of aliphatic carboxylic acids is 4. The fraction of sp³-hybridized carbons (Fsp3) is 0.600. The first kappa shape index (κ1) is 36.9. The maximum atomic E-state index is 9.63. The van der Waals surface area contributed by atoms with Crippen molar-refractivity contribution in [2.45, 2.75) is 24.4 Å². The van der Waals surface area contributed by atoms with Gasteiger partial charge in [0, 0.05) is 0 Å². The zero-order chi connectivity index (χ0) is 20.0. The molecule has 0 amide bonds. The Hall–Kier alpha value is 0.0945. The van der Waals surface area contributed by atoms with Crippen molar-refractivity contribution in [3.05, 3.63) is 0 Å². The van der Waals surface area contributed by atoms with Crippen LogP contribution in [-0.4, -0.2) is 117 Å². The minimum atomic E-state index is -2.44. The van der Waals surface area contributed by atoms with E-state index in [1.807, 2.05) is 0 Å². The molecule has 0 saturated heterocycles. The first-order valence-corrected chi connectivity index (χ1v) is 5.62. The molecule has 0 rings (SSSR count). The number of hydrogen-bond donors (Lipinski definition) is 6. The van der Waals surface area contributed by atoms with Crippen LogP contribution in [0.2, 0.25) is 0 Å². The summed E-state index contributed by atoms with van der Waals surface area (Å²) in [6, 6.07) is 0. The smallest absolute Gasteiger partial charge is 0.547 e. The van der Waals surface area contributed by atoms with E-state index in [0.717, 1.165) is 0 Å². The topological polar surface area (TPSA) is 282 Å². The maximum Gasteiger partial charge on any atom is 3.00 e. The first-order valence-electron chi connectivity index (χ1n) is 5.62. The number of aliphatic hydroxyl groups is 6. The number of aliphatic hydroxyl groups excluding tert-OH is 6. The molecule has 16 heteroatoms. The van der Waals surface area contributed by atoms with Crippen LogP contribution >= 0.6 is 0 Å². The van der Waals surface area contributed by atoms with E-state index in [2.05, 4.69) is 0 Å². The van der Waals surface area contributed by atoms with E-state index in [9.17, 15) is 39.6 Å². The molecular weight excluding hydrogens is 505 g/mol.